The van der Waals surface area contributed by atoms with E-state index in [2.05, 4.69) is 0 Å². The molecule has 0 aliphatic carbocycles. The van der Waals surface area contributed by atoms with E-state index in [-0.39, 0.29) is 49.0 Å². The first-order valence-corrected chi connectivity index (χ1v) is 36.6. The second kappa shape index (κ2) is 27.9. The van der Waals surface area contributed by atoms with Gasteiger partial charge in [0.05, 0.1) is 56.1 Å². The molecule has 4 N–H and O–H groups in total. The highest BCUT2D eigenvalue weighted by Gasteiger charge is 2.23. The van der Waals surface area contributed by atoms with Crippen molar-refractivity contribution in [2.24, 2.45) is 0 Å². The summed E-state index contributed by atoms with van der Waals surface area (Å²) < 4.78 is 160. The van der Waals surface area contributed by atoms with Gasteiger partial charge in [-0.05, 0) is 249 Å². The summed E-state index contributed by atoms with van der Waals surface area (Å²) in [6, 6.07) is 75.4. The number of hydrogen-bond donors (Lipinski definition) is 2. The summed E-state index contributed by atoms with van der Waals surface area (Å²) in [4.78, 5) is 1.13. The van der Waals surface area contributed by atoms with Gasteiger partial charge in [0.15, 0.2) is 0 Å². The molecule has 17 nitrogen and oxygen atoms in total. The number of hydrogen-bond acceptors (Lipinski definition) is 17. The summed E-state index contributed by atoms with van der Waals surface area (Å²) >= 11 is 0. The van der Waals surface area contributed by atoms with Gasteiger partial charge in [0.2, 0.25) is 49.2 Å². The third-order valence-electron chi connectivity index (χ3n) is 14.8. The lowest BCUT2D eigenvalue weighted by atomic mass is 10.1. The quantitative estimate of drug-likeness (QED) is 0.0671. The lowest BCUT2D eigenvalue weighted by molar-refractivity contribution is 0.414. The van der Waals surface area contributed by atoms with E-state index in [1.165, 1.54) is 141 Å². The predicted octanol–water partition coefficient (Wildman–Crippen LogP) is 15.9. The first-order chi connectivity index (χ1) is 45.9. The van der Waals surface area contributed by atoms with Gasteiger partial charge < -0.3 is 35.2 Å². The average Bonchev–Trinajstić information content (AvgIpc) is 0.828. The molecule has 22 heteroatoms. The molecule has 0 heterocycles. The van der Waals surface area contributed by atoms with E-state index < -0.39 is 49.2 Å². The highest BCUT2D eigenvalue weighted by molar-refractivity contribution is 7.92. The zero-order chi connectivity index (χ0) is 67.8. The van der Waals surface area contributed by atoms with Crippen molar-refractivity contribution in [3.05, 3.63) is 297 Å². The summed E-state index contributed by atoms with van der Waals surface area (Å²) in [5.41, 5.74) is 15.0. The third-order valence-corrected chi connectivity index (χ3v) is 23.8. The topological polar surface area (TPSA) is 269 Å². The zero-order valence-corrected chi connectivity index (χ0v) is 55.1. The van der Waals surface area contributed by atoms with Crippen LogP contribution < -0.4 is 35.2 Å². The van der Waals surface area contributed by atoms with Crippen LogP contribution in [0.25, 0.3) is 11.1 Å². The maximum Gasteiger partial charge on any atom is 0.206 e. The van der Waals surface area contributed by atoms with Gasteiger partial charge in [-0.1, -0.05) is 54.1 Å². The van der Waals surface area contributed by atoms with Gasteiger partial charge in [0, 0.05) is 23.5 Å². The number of nitrogens with two attached hydrogens (primary N) is 2. The van der Waals surface area contributed by atoms with Gasteiger partial charge >= 0.3 is 0 Å². The molecule has 96 heavy (non-hydrogen) atoms. The van der Waals surface area contributed by atoms with Crippen LogP contribution in [0.1, 0.15) is 5.56 Å². The number of nitrogen functional groups attached to an aromatic ring is 2. The maximum absolute atomic E-state index is 13.5. The Morgan fingerprint density at radius 3 is 0.625 bits per heavy atom. The molecule has 0 bridgehead atoms. The molecule has 12 rings (SSSR count). The monoisotopic (exact) mass is 1370 g/mol. The highest BCUT2D eigenvalue weighted by Crippen LogP contribution is 2.35. The number of ether oxygens (including phenoxy) is 5. The third kappa shape index (κ3) is 15.3. The molecular weight excluding hydrogens is 1320 g/mol. The number of anilines is 2. The first-order valence-electron chi connectivity index (χ1n) is 29.1. The Bertz CT molecular complexity index is 5340. The Morgan fingerprint density at radius 2 is 0.417 bits per heavy atom. The molecule has 0 spiro atoms. The molecule has 0 aromatic heterocycles. The van der Waals surface area contributed by atoms with E-state index in [9.17, 15) is 42.1 Å². The molecule has 12 aromatic carbocycles. The van der Waals surface area contributed by atoms with Crippen LogP contribution in [0.3, 0.4) is 0 Å². The normalized spacial score (nSPS) is 11.7. The molecular formula is C74H58N2O15S5. The average molecular weight is 1380 g/mol. The standard InChI is InChI=1S/C43H33NO9S3.C31H25NO6S2/c1-51-33-9-21-40(22-10-33)56(49,50)43-25-13-35(14-26-43)52-34-11-23-41(24-12-34)54(45,46)38-17-5-30(6-18-38)31-7-19-39(20-8-31)55(47,48)42-27-15-36(16-28-42)53-37-4-2-3-32(44)29-37;1-22-5-13-28(14-6-22)39(33,34)29-15-7-24(8-16-29)37-25-9-17-30(18-10-25)40(35,36)31-19-11-26(12-20-31)38-27-4-2-3-23(32)21-27/h2-29H,44H2,1H3;2-21H,32H2,1H3. The number of sulfone groups is 5. The maximum atomic E-state index is 13.5. The van der Waals surface area contributed by atoms with Crippen molar-refractivity contribution in [2.75, 3.05) is 18.6 Å². The Kier molecular flexibility index (Phi) is 19.3. The molecule has 12 aromatic rings. The second-order valence-electron chi connectivity index (χ2n) is 21.4. The Morgan fingerprint density at radius 1 is 0.229 bits per heavy atom. The minimum Gasteiger partial charge on any atom is -0.497 e. The fourth-order valence-corrected chi connectivity index (χ4v) is 15.9. The summed E-state index contributed by atoms with van der Waals surface area (Å²) in [6.07, 6.45) is 0. The molecule has 0 fully saturated rings. The summed E-state index contributed by atoms with van der Waals surface area (Å²) in [6.45, 7) is 1.89. The van der Waals surface area contributed by atoms with E-state index in [1.807, 2.05) is 6.92 Å². The van der Waals surface area contributed by atoms with E-state index >= 15 is 0 Å². The molecule has 0 unspecified atom stereocenters. The zero-order valence-electron chi connectivity index (χ0n) is 51.0. The van der Waals surface area contributed by atoms with Crippen LogP contribution in [0.4, 0.5) is 11.4 Å². The van der Waals surface area contributed by atoms with Crippen molar-refractivity contribution in [3.63, 3.8) is 0 Å². The number of rotatable bonds is 20. The summed E-state index contributed by atoms with van der Waals surface area (Å²) in [5, 5.41) is 0. The SMILES string of the molecule is COc1ccc(S(=O)(=O)c2ccc(Oc3ccc(S(=O)(=O)c4ccc(-c5ccc(S(=O)(=O)c6ccc(Oc7cccc(N)c7)cc6)cc5)cc4)cc3)cc2)cc1.Cc1ccc(S(=O)(=O)c2ccc(Oc3ccc(S(=O)(=O)c4ccc(Oc5cccc(N)c5)cc4)cc3)cc2)cc1. The lowest BCUT2D eigenvalue weighted by Crippen LogP contribution is -2.02. The largest absolute Gasteiger partial charge is 0.497 e. The fourth-order valence-electron chi connectivity index (χ4n) is 9.63. The minimum absolute atomic E-state index is 0.0532. The number of benzene rings is 12. The first kappa shape index (κ1) is 66.4. The van der Waals surface area contributed by atoms with Crippen molar-refractivity contribution >= 4 is 60.6 Å². The molecule has 0 saturated heterocycles. The molecule has 0 aliphatic heterocycles. The molecule has 0 saturated carbocycles. The van der Waals surface area contributed by atoms with Gasteiger partial charge in [-0.25, -0.2) is 42.1 Å². The molecule has 0 radical (unpaired) electrons. The van der Waals surface area contributed by atoms with Gasteiger partial charge in [-0.15, -0.1) is 0 Å². The molecule has 0 atom stereocenters. The molecule has 484 valence electrons. The summed E-state index contributed by atoms with van der Waals surface area (Å²) in [7, 11) is -17.4. The predicted molar refractivity (Wildman–Crippen MR) is 364 cm³/mol. The Labute approximate surface area is 556 Å². The molecule has 0 aliphatic rings. The van der Waals surface area contributed by atoms with Gasteiger partial charge in [-0.2, -0.15) is 0 Å². The lowest BCUT2D eigenvalue weighted by Gasteiger charge is -2.10. The van der Waals surface area contributed by atoms with Crippen molar-refractivity contribution in [1.82, 2.24) is 0 Å². The molecule has 0 amide bonds. The highest BCUT2D eigenvalue weighted by atomic mass is 32.2. The van der Waals surface area contributed by atoms with Crippen molar-refractivity contribution in [3.8, 4) is 62.9 Å². The van der Waals surface area contributed by atoms with Crippen LogP contribution in [0, 0.1) is 6.92 Å². The summed E-state index contributed by atoms with van der Waals surface area (Å²) in [5.74, 6) is 4.10. The van der Waals surface area contributed by atoms with E-state index in [0.29, 0.717) is 74.2 Å². The number of methoxy groups -OCH3 is 1. The second-order valence-corrected chi connectivity index (χ2v) is 31.2. The van der Waals surface area contributed by atoms with E-state index in [0.717, 1.165) is 5.56 Å². The Balaban J connectivity index is 0.000000206. The van der Waals surface area contributed by atoms with Crippen LogP contribution in [-0.2, 0) is 49.2 Å². The Hall–Kier alpha value is -11.0. The van der Waals surface area contributed by atoms with Crippen LogP contribution in [0.15, 0.2) is 340 Å². The van der Waals surface area contributed by atoms with Crippen LogP contribution >= 0.6 is 0 Å². The van der Waals surface area contributed by atoms with Crippen LogP contribution in [-0.4, -0.2) is 49.2 Å². The van der Waals surface area contributed by atoms with E-state index in [1.54, 1.807) is 158 Å². The number of aryl methyl sites for hydroxylation is 1. The van der Waals surface area contributed by atoms with Crippen LogP contribution in [0.2, 0.25) is 0 Å². The van der Waals surface area contributed by atoms with Gasteiger partial charge in [0.1, 0.15) is 51.7 Å². The van der Waals surface area contributed by atoms with Gasteiger partial charge in [-0.3, -0.25) is 0 Å². The van der Waals surface area contributed by atoms with Crippen LogP contribution in [0.5, 0.6) is 51.7 Å². The van der Waals surface area contributed by atoms with Crippen molar-refractivity contribution in [1.29, 1.82) is 0 Å². The van der Waals surface area contributed by atoms with Crippen molar-refractivity contribution < 1.29 is 65.8 Å². The fraction of sp³-hybridized carbons (Fsp3) is 0.0270. The smallest absolute Gasteiger partial charge is 0.206 e. The van der Waals surface area contributed by atoms with E-state index in [4.69, 9.17) is 35.2 Å². The van der Waals surface area contributed by atoms with Gasteiger partial charge in [0.25, 0.3) is 0 Å². The minimum atomic E-state index is -3.88. The van der Waals surface area contributed by atoms with Crippen molar-refractivity contribution in [2.45, 2.75) is 55.9 Å².